The highest BCUT2D eigenvalue weighted by Gasteiger charge is 2.13. The van der Waals surface area contributed by atoms with Gasteiger partial charge in [0.05, 0.1) is 0 Å². The van der Waals surface area contributed by atoms with Crippen molar-refractivity contribution in [1.29, 1.82) is 0 Å². The van der Waals surface area contributed by atoms with E-state index in [1.807, 2.05) is 6.20 Å². The predicted octanol–water partition coefficient (Wildman–Crippen LogP) is 6.10. The van der Waals surface area contributed by atoms with Crippen molar-refractivity contribution in [2.24, 2.45) is 5.92 Å². The van der Waals surface area contributed by atoms with Crippen LogP contribution >= 0.6 is 0 Å². The first-order valence-electron chi connectivity index (χ1n) is 9.94. The number of pyridine rings is 1. The Labute approximate surface area is 159 Å². The van der Waals surface area contributed by atoms with Gasteiger partial charge in [-0.05, 0) is 41.0 Å². The second kappa shape index (κ2) is 9.66. The molecule has 1 heterocycles. The molecule has 0 spiro atoms. The Balaban J connectivity index is 1.89. The summed E-state index contributed by atoms with van der Waals surface area (Å²) in [6, 6.07) is 12.7. The van der Waals surface area contributed by atoms with E-state index in [1.54, 1.807) is 0 Å². The number of carbonyl (C=O) groups is 1. The number of ketones is 1. The van der Waals surface area contributed by atoms with Gasteiger partial charge in [0.2, 0.25) is 0 Å². The average Bonchev–Trinajstić information content (AvgIpc) is 2.62. The fourth-order valence-corrected chi connectivity index (χ4v) is 3.16. The summed E-state index contributed by atoms with van der Waals surface area (Å²) in [7, 11) is 0. The average molecular weight is 352 g/mol. The Morgan fingerprint density at radius 2 is 1.62 bits per heavy atom. The molecule has 0 radical (unpaired) electrons. The van der Waals surface area contributed by atoms with Crippen LogP contribution in [-0.2, 0) is 17.6 Å². The first kappa shape index (κ1) is 20.4. The lowest BCUT2D eigenvalue weighted by Gasteiger charge is -2.13. The lowest BCUT2D eigenvalue weighted by molar-refractivity contribution is -0.118. The van der Waals surface area contributed by atoms with Crippen LogP contribution in [0.25, 0.3) is 0 Å². The molecule has 0 N–H and O–H groups in total. The summed E-state index contributed by atoms with van der Waals surface area (Å²) in [6.07, 6.45) is 5.29. The van der Waals surface area contributed by atoms with E-state index in [0.717, 1.165) is 17.7 Å². The Kier molecular flexibility index (Phi) is 7.56. The predicted molar refractivity (Wildman–Crippen MR) is 110 cm³/mol. The van der Waals surface area contributed by atoms with Gasteiger partial charge in [0.15, 0.2) is 0 Å². The second-order valence-corrected chi connectivity index (χ2v) is 8.03. The molecule has 1 aromatic heterocycles. The fraction of sp³-hybridized carbons (Fsp3) is 0.500. The van der Waals surface area contributed by atoms with Gasteiger partial charge >= 0.3 is 0 Å². The van der Waals surface area contributed by atoms with E-state index in [9.17, 15) is 4.79 Å². The third-order valence-electron chi connectivity index (χ3n) is 5.22. The summed E-state index contributed by atoms with van der Waals surface area (Å²) in [5.41, 5.74) is 4.72. The molecular weight excluding hydrogens is 318 g/mol. The minimum atomic E-state index is 0.162. The van der Waals surface area contributed by atoms with Crippen LogP contribution in [0.1, 0.15) is 81.7 Å². The molecule has 1 unspecified atom stereocenters. The Morgan fingerprint density at radius 3 is 2.15 bits per heavy atom. The molecule has 1 aromatic carbocycles. The van der Waals surface area contributed by atoms with Crippen molar-refractivity contribution in [3.63, 3.8) is 0 Å². The fourth-order valence-electron chi connectivity index (χ4n) is 3.16. The zero-order valence-electron chi connectivity index (χ0n) is 17.0. The van der Waals surface area contributed by atoms with Crippen molar-refractivity contribution in [1.82, 2.24) is 4.98 Å². The molecule has 2 nitrogen and oxygen atoms in total. The van der Waals surface area contributed by atoms with Gasteiger partial charge < -0.3 is 0 Å². The van der Waals surface area contributed by atoms with Gasteiger partial charge in [0.25, 0.3) is 0 Å². The van der Waals surface area contributed by atoms with Gasteiger partial charge in [-0.25, -0.2) is 0 Å². The zero-order valence-corrected chi connectivity index (χ0v) is 17.0. The van der Waals surface area contributed by atoms with Gasteiger partial charge in [-0.15, -0.1) is 0 Å². The largest absolute Gasteiger partial charge is 0.299 e. The molecular formula is C24H33NO. The monoisotopic (exact) mass is 351 g/mol. The highest BCUT2D eigenvalue weighted by atomic mass is 16.1. The van der Waals surface area contributed by atoms with Gasteiger partial charge in [-0.3, -0.25) is 9.78 Å². The number of hydrogen-bond donors (Lipinski definition) is 0. The van der Waals surface area contributed by atoms with Crippen molar-refractivity contribution in [3.05, 3.63) is 65.0 Å². The van der Waals surface area contributed by atoms with Crippen molar-refractivity contribution in [2.45, 2.75) is 72.1 Å². The summed E-state index contributed by atoms with van der Waals surface area (Å²) in [6.45, 7) is 10.9. The Morgan fingerprint density at radius 1 is 0.962 bits per heavy atom. The molecule has 2 rings (SSSR count). The molecule has 0 saturated heterocycles. The normalized spacial score (nSPS) is 13.6. The number of Topliss-reactive ketones (excluding diaryl/α,β-unsaturated/α-hetero) is 1. The Bertz CT molecular complexity index is 685. The van der Waals surface area contributed by atoms with Crippen LogP contribution in [0, 0.1) is 5.92 Å². The molecule has 0 aliphatic carbocycles. The summed E-state index contributed by atoms with van der Waals surface area (Å²) in [4.78, 5) is 17.0. The number of aromatic nitrogens is 1. The molecule has 2 heteroatoms. The van der Waals surface area contributed by atoms with Crippen molar-refractivity contribution >= 4 is 5.78 Å². The van der Waals surface area contributed by atoms with Crippen LogP contribution in [0.2, 0.25) is 0 Å². The van der Waals surface area contributed by atoms with E-state index in [2.05, 4.69) is 76.0 Å². The van der Waals surface area contributed by atoms with Crippen LogP contribution in [0.5, 0.6) is 0 Å². The number of carbonyl (C=O) groups excluding carboxylic acids is 1. The van der Waals surface area contributed by atoms with E-state index in [4.69, 9.17) is 0 Å². The maximum atomic E-state index is 12.4. The van der Waals surface area contributed by atoms with E-state index < -0.39 is 0 Å². The molecule has 26 heavy (non-hydrogen) atoms. The van der Waals surface area contributed by atoms with E-state index >= 15 is 0 Å². The molecule has 0 fully saturated rings. The summed E-state index contributed by atoms with van der Waals surface area (Å²) in [5, 5.41) is 0. The Hall–Kier alpha value is -1.96. The quantitative estimate of drug-likeness (QED) is 0.546. The third kappa shape index (κ3) is 6.09. The van der Waals surface area contributed by atoms with Crippen LogP contribution in [0.3, 0.4) is 0 Å². The van der Waals surface area contributed by atoms with Gasteiger partial charge in [0.1, 0.15) is 5.78 Å². The van der Waals surface area contributed by atoms with Gasteiger partial charge in [0, 0.05) is 30.7 Å². The highest BCUT2D eigenvalue weighted by Crippen LogP contribution is 2.20. The van der Waals surface area contributed by atoms with Gasteiger partial charge in [-0.1, -0.05) is 71.4 Å². The maximum absolute atomic E-state index is 12.4. The number of benzene rings is 1. The van der Waals surface area contributed by atoms with E-state index in [0.29, 0.717) is 24.7 Å². The van der Waals surface area contributed by atoms with Crippen LogP contribution in [0.4, 0.5) is 0 Å². The lowest BCUT2D eigenvalue weighted by atomic mass is 9.94. The molecule has 0 bridgehead atoms. The summed E-state index contributed by atoms with van der Waals surface area (Å²) < 4.78 is 0. The molecule has 2 aromatic rings. The van der Waals surface area contributed by atoms with Crippen LogP contribution in [-0.4, -0.2) is 10.8 Å². The number of nitrogens with zero attached hydrogens (tertiary/aromatic N) is 1. The second-order valence-electron chi connectivity index (χ2n) is 8.03. The van der Waals surface area contributed by atoms with Crippen LogP contribution in [0.15, 0.2) is 42.6 Å². The minimum Gasteiger partial charge on any atom is -0.299 e. The van der Waals surface area contributed by atoms with Crippen molar-refractivity contribution in [3.8, 4) is 0 Å². The summed E-state index contributed by atoms with van der Waals surface area (Å²) in [5.74, 6) is 1.65. The van der Waals surface area contributed by atoms with Gasteiger partial charge in [-0.2, -0.15) is 0 Å². The first-order chi connectivity index (χ1) is 12.4. The lowest BCUT2D eigenvalue weighted by Crippen LogP contribution is -2.09. The molecule has 0 aliphatic rings. The maximum Gasteiger partial charge on any atom is 0.137 e. The van der Waals surface area contributed by atoms with E-state index in [-0.39, 0.29) is 11.7 Å². The van der Waals surface area contributed by atoms with Crippen molar-refractivity contribution in [2.75, 3.05) is 0 Å². The highest BCUT2D eigenvalue weighted by molar-refractivity contribution is 5.81. The summed E-state index contributed by atoms with van der Waals surface area (Å²) >= 11 is 0. The molecule has 0 aliphatic heterocycles. The third-order valence-corrected chi connectivity index (χ3v) is 5.22. The SMILES string of the molecule is CCC(C)Cc1ccc([C@@H](C)CC(=O)Cc2ccc(C(C)C)cc2)nc1. The number of hydrogen-bond acceptors (Lipinski definition) is 2. The topological polar surface area (TPSA) is 30.0 Å². The standard InChI is InChI=1S/C24H33NO/c1-6-18(4)13-21-9-12-24(25-16-21)19(5)14-23(26)15-20-7-10-22(11-8-20)17(2)3/h7-12,16-19H,6,13-15H2,1-5H3/t18?,19-/m0/s1. The molecule has 140 valence electrons. The smallest absolute Gasteiger partial charge is 0.137 e. The first-order valence-corrected chi connectivity index (χ1v) is 9.94. The number of rotatable bonds is 9. The zero-order chi connectivity index (χ0) is 19.1. The van der Waals surface area contributed by atoms with E-state index in [1.165, 1.54) is 17.5 Å². The van der Waals surface area contributed by atoms with Crippen LogP contribution < -0.4 is 0 Å². The van der Waals surface area contributed by atoms with Crippen molar-refractivity contribution < 1.29 is 4.79 Å². The molecule has 0 amide bonds. The molecule has 0 saturated carbocycles. The minimum absolute atomic E-state index is 0.162. The molecule has 2 atom stereocenters.